The highest BCUT2D eigenvalue weighted by Crippen LogP contribution is 2.33. The van der Waals surface area contributed by atoms with Crippen LogP contribution in [0.2, 0.25) is 0 Å². The Morgan fingerprint density at radius 1 is 1.17 bits per heavy atom. The summed E-state index contributed by atoms with van der Waals surface area (Å²) >= 11 is 0. The van der Waals surface area contributed by atoms with Crippen molar-refractivity contribution in [1.29, 1.82) is 0 Å². The van der Waals surface area contributed by atoms with Crippen LogP contribution in [-0.2, 0) is 4.79 Å². The number of benzene rings is 2. The minimum absolute atomic E-state index is 0.0486. The number of amides is 1. The molecule has 120 valence electrons. The number of anilines is 1. The van der Waals surface area contributed by atoms with Gasteiger partial charge >= 0.3 is 0 Å². The largest absolute Gasteiger partial charge is 0.494 e. The molecule has 4 heteroatoms. The summed E-state index contributed by atoms with van der Waals surface area (Å²) in [6, 6.07) is 17.4. The average molecular weight is 311 g/mol. The van der Waals surface area contributed by atoms with Gasteiger partial charge in [0.25, 0.3) is 0 Å². The predicted molar refractivity (Wildman–Crippen MR) is 90.1 cm³/mol. The van der Waals surface area contributed by atoms with Gasteiger partial charge in [0.1, 0.15) is 18.1 Å². The van der Waals surface area contributed by atoms with E-state index in [1.807, 2.05) is 66.4 Å². The van der Waals surface area contributed by atoms with Gasteiger partial charge in [0.05, 0.1) is 18.3 Å². The van der Waals surface area contributed by atoms with Crippen LogP contribution in [0.5, 0.6) is 11.5 Å². The van der Waals surface area contributed by atoms with Crippen molar-refractivity contribution >= 4 is 11.6 Å². The molecule has 4 nitrogen and oxygen atoms in total. The number of hydrogen-bond acceptors (Lipinski definition) is 3. The van der Waals surface area contributed by atoms with Gasteiger partial charge in [-0.1, -0.05) is 30.3 Å². The van der Waals surface area contributed by atoms with Crippen molar-refractivity contribution in [3.05, 3.63) is 54.6 Å². The van der Waals surface area contributed by atoms with E-state index in [1.54, 1.807) is 0 Å². The summed E-state index contributed by atoms with van der Waals surface area (Å²) < 4.78 is 11.3. The van der Waals surface area contributed by atoms with Gasteiger partial charge in [0.2, 0.25) is 5.91 Å². The van der Waals surface area contributed by atoms with Crippen molar-refractivity contribution in [3.63, 3.8) is 0 Å². The molecule has 0 saturated carbocycles. The summed E-state index contributed by atoms with van der Waals surface area (Å²) in [7, 11) is 0. The van der Waals surface area contributed by atoms with Gasteiger partial charge in [-0.25, -0.2) is 0 Å². The quantitative estimate of drug-likeness (QED) is 0.791. The molecule has 1 atom stereocenters. The van der Waals surface area contributed by atoms with E-state index in [1.165, 1.54) is 0 Å². The molecule has 1 aliphatic rings. The van der Waals surface area contributed by atoms with Crippen molar-refractivity contribution in [2.75, 3.05) is 18.1 Å². The zero-order valence-electron chi connectivity index (χ0n) is 13.3. The molecule has 0 bridgehead atoms. The first kappa shape index (κ1) is 15.4. The maximum atomic E-state index is 12.6. The molecule has 0 fully saturated rings. The van der Waals surface area contributed by atoms with Gasteiger partial charge in [-0.15, -0.1) is 0 Å². The first-order chi connectivity index (χ1) is 11.3. The number of ether oxygens (including phenoxy) is 2. The number of rotatable bonds is 5. The molecule has 3 rings (SSSR count). The van der Waals surface area contributed by atoms with Crippen molar-refractivity contribution in [1.82, 2.24) is 0 Å². The Morgan fingerprint density at radius 3 is 2.74 bits per heavy atom. The Labute approximate surface area is 136 Å². The van der Waals surface area contributed by atoms with Crippen molar-refractivity contribution in [2.24, 2.45) is 0 Å². The predicted octanol–water partition coefficient (Wildman–Crippen LogP) is 3.66. The molecule has 0 saturated heterocycles. The second kappa shape index (κ2) is 7.18. The molecular formula is C19H21NO3. The van der Waals surface area contributed by atoms with E-state index < -0.39 is 0 Å². The van der Waals surface area contributed by atoms with Crippen molar-refractivity contribution < 1.29 is 14.3 Å². The SMILES string of the molecule is CC1COc2ccccc2N1C(=O)CCCOc1ccccc1. The molecule has 0 aliphatic carbocycles. The zero-order chi connectivity index (χ0) is 16.1. The lowest BCUT2D eigenvalue weighted by molar-refractivity contribution is -0.119. The lowest BCUT2D eigenvalue weighted by Gasteiger charge is -2.35. The monoisotopic (exact) mass is 311 g/mol. The Morgan fingerprint density at radius 2 is 1.91 bits per heavy atom. The van der Waals surface area contributed by atoms with Crippen molar-refractivity contribution in [2.45, 2.75) is 25.8 Å². The van der Waals surface area contributed by atoms with Crippen LogP contribution >= 0.6 is 0 Å². The zero-order valence-corrected chi connectivity index (χ0v) is 13.3. The van der Waals surface area contributed by atoms with Crippen LogP contribution in [0.15, 0.2) is 54.6 Å². The van der Waals surface area contributed by atoms with Crippen LogP contribution in [0.1, 0.15) is 19.8 Å². The number of carbonyl (C=O) groups is 1. The molecule has 2 aromatic carbocycles. The van der Waals surface area contributed by atoms with E-state index >= 15 is 0 Å². The molecule has 1 amide bonds. The van der Waals surface area contributed by atoms with E-state index in [0.29, 0.717) is 26.1 Å². The molecule has 0 spiro atoms. The summed E-state index contributed by atoms with van der Waals surface area (Å²) in [5, 5.41) is 0. The lowest BCUT2D eigenvalue weighted by Crippen LogP contribution is -2.45. The number of fused-ring (bicyclic) bond motifs is 1. The Kier molecular flexibility index (Phi) is 4.81. The second-order valence-corrected chi connectivity index (χ2v) is 5.66. The summed E-state index contributed by atoms with van der Waals surface area (Å²) in [6.07, 6.45) is 1.16. The minimum Gasteiger partial charge on any atom is -0.494 e. The third-order valence-electron chi connectivity index (χ3n) is 3.86. The minimum atomic E-state index is 0.0486. The summed E-state index contributed by atoms with van der Waals surface area (Å²) in [6.45, 7) is 3.08. The van der Waals surface area contributed by atoms with Crippen molar-refractivity contribution in [3.8, 4) is 11.5 Å². The molecule has 0 aromatic heterocycles. The van der Waals surface area contributed by atoms with Gasteiger partial charge in [0.15, 0.2) is 0 Å². The third-order valence-corrected chi connectivity index (χ3v) is 3.86. The number of nitrogens with zero attached hydrogens (tertiary/aromatic N) is 1. The van der Waals surface area contributed by atoms with Crippen LogP contribution < -0.4 is 14.4 Å². The maximum absolute atomic E-state index is 12.6. The fraction of sp³-hybridized carbons (Fsp3) is 0.316. The van der Waals surface area contributed by atoms with Gasteiger partial charge in [0, 0.05) is 6.42 Å². The van der Waals surface area contributed by atoms with Gasteiger partial charge in [-0.2, -0.15) is 0 Å². The number of para-hydroxylation sites is 3. The van der Waals surface area contributed by atoms with Gasteiger partial charge in [-0.05, 0) is 37.6 Å². The van der Waals surface area contributed by atoms with Crippen LogP contribution in [0.4, 0.5) is 5.69 Å². The molecule has 0 N–H and O–H groups in total. The van der Waals surface area contributed by atoms with E-state index in [0.717, 1.165) is 17.2 Å². The second-order valence-electron chi connectivity index (χ2n) is 5.66. The smallest absolute Gasteiger partial charge is 0.227 e. The van der Waals surface area contributed by atoms with E-state index in [4.69, 9.17) is 9.47 Å². The van der Waals surface area contributed by atoms with E-state index in [-0.39, 0.29) is 11.9 Å². The molecule has 1 aliphatic heterocycles. The first-order valence-corrected chi connectivity index (χ1v) is 7.97. The molecule has 1 heterocycles. The van der Waals surface area contributed by atoms with Gasteiger partial charge in [-0.3, -0.25) is 4.79 Å². The lowest BCUT2D eigenvalue weighted by atomic mass is 10.1. The van der Waals surface area contributed by atoms with Crippen LogP contribution in [0.25, 0.3) is 0 Å². The van der Waals surface area contributed by atoms with Crippen LogP contribution in [0, 0.1) is 0 Å². The average Bonchev–Trinajstić information content (AvgIpc) is 2.59. The fourth-order valence-electron chi connectivity index (χ4n) is 2.73. The fourth-order valence-corrected chi connectivity index (χ4v) is 2.73. The number of hydrogen-bond donors (Lipinski definition) is 0. The molecular weight excluding hydrogens is 290 g/mol. The van der Waals surface area contributed by atoms with E-state index in [2.05, 4.69) is 0 Å². The molecule has 0 radical (unpaired) electrons. The summed E-state index contributed by atoms with van der Waals surface area (Å²) in [5.74, 6) is 1.73. The maximum Gasteiger partial charge on any atom is 0.227 e. The summed E-state index contributed by atoms with van der Waals surface area (Å²) in [4.78, 5) is 14.4. The standard InChI is InChI=1S/C19H21NO3/c1-15-14-23-18-11-6-5-10-17(18)20(15)19(21)12-7-13-22-16-8-3-2-4-9-16/h2-6,8-11,15H,7,12-14H2,1H3. The Balaban J connectivity index is 1.56. The highest BCUT2D eigenvalue weighted by atomic mass is 16.5. The normalized spacial score (nSPS) is 16.4. The topological polar surface area (TPSA) is 38.8 Å². The Hall–Kier alpha value is -2.49. The first-order valence-electron chi connectivity index (χ1n) is 7.97. The highest BCUT2D eigenvalue weighted by molar-refractivity contribution is 5.95. The third kappa shape index (κ3) is 3.65. The highest BCUT2D eigenvalue weighted by Gasteiger charge is 2.28. The molecule has 1 unspecified atom stereocenters. The molecule has 23 heavy (non-hydrogen) atoms. The number of carbonyl (C=O) groups excluding carboxylic acids is 1. The summed E-state index contributed by atoms with van der Waals surface area (Å²) in [5.41, 5.74) is 0.861. The van der Waals surface area contributed by atoms with Crippen LogP contribution in [0.3, 0.4) is 0 Å². The Bertz CT molecular complexity index is 657. The molecule has 2 aromatic rings. The van der Waals surface area contributed by atoms with Crippen LogP contribution in [-0.4, -0.2) is 25.2 Å². The van der Waals surface area contributed by atoms with Gasteiger partial charge < -0.3 is 14.4 Å². The van der Waals surface area contributed by atoms with E-state index in [9.17, 15) is 4.79 Å².